The van der Waals surface area contributed by atoms with E-state index in [2.05, 4.69) is 0 Å². The number of carbonyl (C=O) groups is 8. The molecule has 0 aliphatic carbocycles. The third kappa shape index (κ3) is 15.2. The summed E-state index contributed by atoms with van der Waals surface area (Å²) in [6, 6.07) is 61.7. The molecule has 2 heterocycles. The minimum Gasteiger partial charge on any atom is -0.459 e. The van der Waals surface area contributed by atoms with E-state index >= 15 is 0 Å². The maximum Gasteiger partial charge on any atom is 0.340 e. The van der Waals surface area contributed by atoms with Crippen LogP contribution in [0.15, 0.2) is 243 Å². The highest BCUT2D eigenvalue weighted by Gasteiger charge is 2.59. The Morgan fingerprint density at radius 2 is 0.460 bits per heavy atom. The standard InChI is InChI=1S/C68H54O19/c69-59(43-25-9-1-10-26-43)77-41-51-53(81-61(71)45-29-13-3-14-30-45)55(82-62(72)46-31-15-4-16-32-46)57(84-64(74)48-35-19-6-20-36-48)67(79-51)86-54-52(42-78-60(70)44-27-11-2-12-28-44)80-68(87-66(76)50-39-23-8-24-40-50)58(85-65(75)49-37-21-7-22-38-49)56(54)83-63(73)47-33-17-5-18-34-47/h1-40,51-58,67-68H,41-42H2/t51?,52?,53-,54+,55?,56?,57?,58?,67-,68-/m0/s1. The van der Waals surface area contributed by atoms with Crippen molar-refractivity contribution in [3.63, 3.8) is 0 Å². The van der Waals surface area contributed by atoms with Gasteiger partial charge in [0.05, 0.1) is 44.5 Å². The number of ether oxygens (including phenoxy) is 11. The van der Waals surface area contributed by atoms with Crippen molar-refractivity contribution in [1.29, 1.82) is 0 Å². The van der Waals surface area contributed by atoms with Crippen LogP contribution in [0, 0.1) is 0 Å². The van der Waals surface area contributed by atoms with Gasteiger partial charge in [-0.25, -0.2) is 38.4 Å². The lowest BCUT2D eigenvalue weighted by atomic mass is 9.95. The monoisotopic (exact) mass is 1170 g/mol. The molecule has 2 aliphatic rings. The van der Waals surface area contributed by atoms with Crippen molar-refractivity contribution in [2.75, 3.05) is 13.2 Å². The quantitative estimate of drug-likeness (QED) is 0.0510. The summed E-state index contributed by atoms with van der Waals surface area (Å²) in [5.74, 6) is -7.88. The zero-order valence-electron chi connectivity index (χ0n) is 46.0. The van der Waals surface area contributed by atoms with E-state index in [1.165, 1.54) is 97.1 Å². The zero-order chi connectivity index (χ0) is 60.5. The number of esters is 8. The fourth-order valence-corrected chi connectivity index (χ4v) is 9.42. The number of rotatable bonds is 20. The van der Waals surface area contributed by atoms with Gasteiger partial charge in [0, 0.05) is 0 Å². The molecule has 440 valence electrons. The Bertz CT molecular complexity index is 3620. The van der Waals surface area contributed by atoms with Gasteiger partial charge < -0.3 is 52.1 Å². The number of hydrogen-bond donors (Lipinski definition) is 0. The molecule has 0 radical (unpaired) electrons. The first-order valence-corrected chi connectivity index (χ1v) is 27.4. The molecule has 87 heavy (non-hydrogen) atoms. The van der Waals surface area contributed by atoms with Crippen molar-refractivity contribution < 1.29 is 90.5 Å². The van der Waals surface area contributed by atoms with Crippen molar-refractivity contribution in [3.05, 3.63) is 287 Å². The average Bonchev–Trinajstić information content (AvgIpc) is 1.99. The van der Waals surface area contributed by atoms with Gasteiger partial charge in [-0.05, 0) is 97.1 Å². The maximum absolute atomic E-state index is 14.7. The molecule has 0 amide bonds. The third-order valence-electron chi connectivity index (χ3n) is 13.7. The highest BCUT2D eigenvalue weighted by Crippen LogP contribution is 2.37. The normalized spacial score (nSPS) is 21.3. The molecule has 0 bridgehead atoms. The predicted octanol–water partition coefficient (Wildman–Crippen LogP) is 9.52. The highest BCUT2D eigenvalue weighted by atomic mass is 16.8. The molecule has 10 rings (SSSR count). The number of hydrogen-bond acceptors (Lipinski definition) is 19. The predicted molar refractivity (Wildman–Crippen MR) is 306 cm³/mol. The van der Waals surface area contributed by atoms with Crippen molar-refractivity contribution >= 4 is 47.8 Å². The molecule has 0 aromatic heterocycles. The second kappa shape index (κ2) is 28.8. The van der Waals surface area contributed by atoms with E-state index in [9.17, 15) is 38.4 Å². The van der Waals surface area contributed by atoms with Crippen molar-refractivity contribution in [3.8, 4) is 0 Å². The van der Waals surface area contributed by atoms with Crippen LogP contribution in [0.1, 0.15) is 82.9 Å². The fraction of sp³-hybridized carbons (Fsp3) is 0.176. The van der Waals surface area contributed by atoms with Crippen LogP contribution >= 0.6 is 0 Å². The second-order valence-electron chi connectivity index (χ2n) is 19.6. The van der Waals surface area contributed by atoms with Gasteiger partial charge in [0.15, 0.2) is 30.7 Å². The summed E-state index contributed by atoms with van der Waals surface area (Å²) in [7, 11) is 0. The maximum atomic E-state index is 14.7. The smallest absolute Gasteiger partial charge is 0.340 e. The molecule has 10 atom stereocenters. The molecule has 8 aromatic rings. The topological polar surface area (TPSA) is 238 Å². The third-order valence-corrected chi connectivity index (χ3v) is 13.7. The Morgan fingerprint density at radius 3 is 0.770 bits per heavy atom. The van der Waals surface area contributed by atoms with Crippen LogP contribution in [0.2, 0.25) is 0 Å². The highest BCUT2D eigenvalue weighted by molar-refractivity contribution is 5.93. The van der Waals surface area contributed by atoms with E-state index in [0.29, 0.717) is 0 Å². The Morgan fingerprint density at radius 1 is 0.241 bits per heavy atom. The lowest BCUT2D eigenvalue weighted by Gasteiger charge is -2.48. The summed E-state index contributed by atoms with van der Waals surface area (Å²) < 4.78 is 69.7. The molecule has 0 N–H and O–H groups in total. The van der Waals surface area contributed by atoms with Crippen LogP contribution in [0.5, 0.6) is 0 Å². The van der Waals surface area contributed by atoms with Crippen LogP contribution in [0.3, 0.4) is 0 Å². The van der Waals surface area contributed by atoms with Gasteiger partial charge in [0.25, 0.3) is 0 Å². The van der Waals surface area contributed by atoms with Crippen LogP contribution < -0.4 is 0 Å². The van der Waals surface area contributed by atoms with Gasteiger partial charge in [-0.15, -0.1) is 0 Å². The van der Waals surface area contributed by atoms with Gasteiger partial charge >= 0.3 is 47.8 Å². The van der Waals surface area contributed by atoms with E-state index in [0.717, 1.165) is 0 Å². The fourth-order valence-electron chi connectivity index (χ4n) is 9.42. The molecule has 2 fully saturated rings. The van der Waals surface area contributed by atoms with E-state index < -0.39 is 122 Å². The summed E-state index contributed by atoms with van der Waals surface area (Å²) in [6.45, 7) is -1.58. The Hall–Kier alpha value is -10.6. The number of carbonyl (C=O) groups excluding carboxylic acids is 8. The molecule has 0 spiro atoms. The van der Waals surface area contributed by atoms with Gasteiger partial charge in [-0.1, -0.05) is 146 Å². The molecule has 2 saturated heterocycles. The molecule has 19 nitrogen and oxygen atoms in total. The molecule has 6 unspecified atom stereocenters. The zero-order valence-corrected chi connectivity index (χ0v) is 46.0. The van der Waals surface area contributed by atoms with Crippen LogP contribution in [-0.2, 0) is 52.1 Å². The van der Waals surface area contributed by atoms with Crippen molar-refractivity contribution in [1.82, 2.24) is 0 Å². The van der Waals surface area contributed by atoms with E-state index in [4.69, 9.17) is 52.1 Å². The Balaban J connectivity index is 1.14. The summed E-state index contributed by atoms with van der Waals surface area (Å²) in [6.07, 6.45) is -19.4. The van der Waals surface area contributed by atoms with Crippen molar-refractivity contribution in [2.45, 2.75) is 61.4 Å². The first-order chi connectivity index (χ1) is 42.5. The Labute approximate surface area is 498 Å². The minimum absolute atomic E-state index is 0.00860. The minimum atomic E-state index is -2.13. The molecule has 19 heteroatoms. The summed E-state index contributed by atoms with van der Waals surface area (Å²) >= 11 is 0. The van der Waals surface area contributed by atoms with Crippen LogP contribution in [-0.4, -0.2) is 122 Å². The molecule has 2 aliphatic heterocycles. The van der Waals surface area contributed by atoms with Crippen LogP contribution in [0.25, 0.3) is 0 Å². The lowest BCUT2D eigenvalue weighted by molar-refractivity contribution is -0.351. The SMILES string of the molecule is O=C(OCC1O[C@@H](OC(=O)c2ccccc2)C(OC(=O)c2ccccc2)C(OC(=O)c2ccccc2)[C@@H]1O[C@@H]1OC(COC(=O)c2ccccc2)[C@H](OC(=O)c2ccccc2)C(OC(=O)c2ccccc2)C1OC(=O)c1ccccc1)c1ccccc1. The first kappa shape index (κ1) is 59.6. The van der Waals surface area contributed by atoms with Gasteiger partial charge in [0.1, 0.15) is 31.5 Å². The molecular weight excluding hydrogens is 1120 g/mol. The van der Waals surface area contributed by atoms with Crippen molar-refractivity contribution in [2.24, 2.45) is 0 Å². The molecular formula is C68H54O19. The summed E-state index contributed by atoms with van der Waals surface area (Å²) in [5, 5.41) is 0. The van der Waals surface area contributed by atoms with E-state index in [1.807, 2.05) is 0 Å². The largest absolute Gasteiger partial charge is 0.459 e. The van der Waals surface area contributed by atoms with Crippen LogP contribution in [0.4, 0.5) is 0 Å². The summed E-state index contributed by atoms with van der Waals surface area (Å²) in [4.78, 5) is 115. The van der Waals surface area contributed by atoms with Gasteiger partial charge in [-0.3, -0.25) is 0 Å². The van der Waals surface area contributed by atoms with E-state index in [1.54, 1.807) is 146 Å². The molecule has 0 saturated carbocycles. The van der Waals surface area contributed by atoms with Gasteiger partial charge in [0.2, 0.25) is 12.4 Å². The Kier molecular flexibility index (Phi) is 19.7. The first-order valence-electron chi connectivity index (χ1n) is 27.4. The average molecular weight is 1180 g/mol. The molecule has 8 aromatic carbocycles. The second-order valence-corrected chi connectivity index (χ2v) is 19.6. The van der Waals surface area contributed by atoms with Gasteiger partial charge in [-0.2, -0.15) is 0 Å². The number of benzene rings is 8. The lowest BCUT2D eigenvalue weighted by Crippen LogP contribution is -2.67. The summed E-state index contributed by atoms with van der Waals surface area (Å²) in [5.41, 5.74) is 0.168. The van der Waals surface area contributed by atoms with E-state index in [-0.39, 0.29) is 44.5 Å².